The van der Waals surface area contributed by atoms with E-state index in [1.165, 1.54) is 11.3 Å². The number of fused-ring (bicyclic) bond motifs is 1. The number of rotatable bonds is 5. The molecule has 0 atom stereocenters. The van der Waals surface area contributed by atoms with Gasteiger partial charge < -0.3 is 5.32 Å². The van der Waals surface area contributed by atoms with Gasteiger partial charge in [0.1, 0.15) is 17.0 Å². The lowest BCUT2D eigenvalue weighted by molar-refractivity contribution is 0.112. The minimum Gasteiger partial charge on any atom is -0.369 e. The Kier molecular flexibility index (Phi) is 3.47. The van der Waals surface area contributed by atoms with E-state index in [4.69, 9.17) is 0 Å². The van der Waals surface area contributed by atoms with E-state index in [0.717, 1.165) is 41.0 Å². The summed E-state index contributed by atoms with van der Waals surface area (Å²) in [6.07, 6.45) is 3.11. The van der Waals surface area contributed by atoms with Crippen LogP contribution in [0.2, 0.25) is 0 Å². The molecule has 3 aromatic heterocycles. The monoisotopic (exact) mass is 290 g/mol. The lowest BCUT2D eigenvalue weighted by atomic mass is 10.3. The van der Waals surface area contributed by atoms with Crippen molar-refractivity contribution in [3.05, 3.63) is 33.9 Å². The molecule has 0 aliphatic carbocycles. The fourth-order valence-electron chi connectivity index (χ4n) is 1.73. The molecular formula is C12H10N4OS2. The van der Waals surface area contributed by atoms with Gasteiger partial charge in [-0.3, -0.25) is 4.79 Å². The number of aromatic nitrogens is 3. The molecule has 0 saturated heterocycles. The van der Waals surface area contributed by atoms with Gasteiger partial charge in [-0.15, -0.1) is 22.7 Å². The van der Waals surface area contributed by atoms with Crippen LogP contribution in [0.5, 0.6) is 0 Å². The summed E-state index contributed by atoms with van der Waals surface area (Å²) in [7, 11) is 0. The summed E-state index contributed by atoms with van der Waals surface area (Å²) in [5, 5.41) is 8.76. The lowest BCUT2D eigenvalue weighted by Gasteiger charge is -2.04. The SMILES string of the molecule is O=Cc1nc(CCNc2ncnc3sccc23)cs1. The predicted octanol–water partition coefficient (Wildman–Crippen LogP) is 2.61. The minimum absolute atomic E-state index is 0.525. The molecule has 0 aliphatic heterocycles. The first-order valence-electron chi connectivity index (χ1n) is 5.68. The van der Waals surface area contributed by atoms with Crippen molar-refractivity contribution < 1.29 is 4.79 Å². The quantitative estimate of drug-likeness (QED) is 0.732. The number of anilines is 1. The molecule has 3 rings (SSSR count). The molecule has 0 unspecified atom stereocenters. The Balaban J connectivity index is 1.66. The third-order valence-corrected chi connectivity index (χ3v) is 4.25. The van der Waals surface area contributed by atoms with Gasteiger partial charge in [0.15, 0.2) is 11.3 Å². The van der Waals surface area contributed by atoms with Crippen LogP contribution >= 0.6 is 22.7 Å². The zero-order valence-electron chi connectivity index (χ0n) is 9.87. The Morgan fingerprint density at radius 2 is 2.26 bits per heavy atom. The van der Waals surface area contributed by atoms with Crippen LogP contribution in [0.4, 0.5) is 5.82 Å². The van der Waals surface area contributed by atoms with Crippen LogP contribution in [-0.4, -0.2) is 27.8 Å². The maximum Gasteiger partial charge on any atom is 0.178 e. The highest BCUT2D eigenvalue weighted by Crippen LogP contribution is 2.23. The van der Waals surface area contributed by atoms with Crippen molar-refractivity contribution in [1.29, 1.82) is 0 Å². The predicted molar refractivity (Wildman–Crippen MR) is 77.1 cm³/mol. The third-order valence-electron chi connectivity index (χ3n) is 2.61. The Morgan fingerprint density at radius 1 is 1.32 bits per heavy atom. The number of hydrogen-bond acceptors (Lipinski definition) is 7. The molecule has 0 aliphatic rings. The van der Waals surface area contributed by atoms with E-state index < -0.39 is 0 Å². The van der Waals surface area contributed by atoms with E-state index in [9.17, 15) is 4.79 Å². The highest BCUT2D eigenvalue weighted by molar-refractivity contribution is 7.16. The van der Waals surface area contributed by atoms with Gasteiger partial charge >= 0.3 is 0 Å². The van der Waals surface area contributed by atoms with Crippen LogP contribution < -0.4 is 5.32 Å². The van der Waals surface area contributed by atoms with Crippen LogP contribution in [0.3, 0.4) is 0 Å². The zero-order chi connectivity index (χ0) is 13.1. The number of nitrogens with one attached hydrogen (secondary N) is 1. The van der Waals surface area contributed by atoms with Gasteiger partial charge in [0.05, 0.1) is 11.1 Å². The minimum atomic E-state index is 0.525. The van der Waals surface area contributed by atoms with E-state index in [1.54, 1.807) is 17.7 Å². The molecule has 19 heavy (non-hydrogen) atoms. The van der Waals surface area contributed by atoms with E-state index in [-0.39, 0.29) is 0 Å². The molecule has 0 amide bonds. The molecule has 1 N–H and O–H groups in total. The summed E-state index contributed by atoms with van der Waals surface area (Å²) in [5.41, 5.74) is 0.926. The second kappa shape index (κ2) is 5.41. The largest absolute Gasteiger partial charge is 0.369 e. The van der Waals surface area contributed by atoms with Crippen molar-refractivity contribution in [3.8, 4) is 0 Å². The molecular weight excluding hydrogens is 280 g/mol. The summed E-state index contributed by atoms with van der Waals surface area (Å²) in [5.74, 6) is 0.845. The topological polar surface area (TPSA) is 67.8 Å². The highest BCUT2D eigenvalue weighted by atomic mass is 32.1. The number of carbonyl (C=O) groups is 1. The first kappa shape index (κ1) is 12.2. The number of carbonyl (C=O) groups excluding carboxylic acids is 1. The van der Waals surface area contributed by atoms with Gasteiger partial charge in [0.25, 0.3) is 0 Å². The Labute approximate surface area is 117 Å². The number of nitrogens with zero attached hydrogens (tertiary/aromatic N) is 3. The Bertz CT molecular complexity index is 706. The van der Waals surface area contributed by atoms with E-state index >= 15 is 0 Å². The van der Waals surface area contributed by atoms with Crippen molar-refractivity contribution >= 4 is 45.0 Å². The van der Waals surface area contributed by atoms with Crippen LogP contribution in [0.25, 0.3) is 10.2 Å². The molecule has 0 saturated carbocycles. The van der Waals surface area contributed by atoms with Crippen LogP contribution in [0.1, 0.15) is 15.5 Å². The summed E-state index contributed by atoms with van der Waals surface area (Å²) >= 11 is 2.97. The van der Waals surface area contributed by atoms with Crippen molar-refractivity contribution in [1.82, 2.24) is 15.0 Å². The average molecular weight is 290 g/mol. The molecule has 0 bridgehead atoms. The van der Waals surface area contributed by atoms with E-state index in [0.29, 0.717) is 5.01 Å². The summed E-state index contributed by atoms with van der Waals surface area (Å²) in [6.45, 7) is 0.726. The molecule has 7 heteroatoms. The fourth-order valence-corrected chi connectivity index (χ4v) is 3.12. The fraction of sp³-hybridized carbons (Fsp3) is 0.167. The molecule has 0 fully saturated rings. The second-order valence-corrected chi connectivity index (χ2v) is 5.62. The van der Waals surface area contributed by atoms with Gasteiger partial charge in [0, 0.05) is 18.3 Å². The highest BCUT2D eigenvalue weighted by Gasteiger charge is 2.05. The average Bonchev–Trinajstić information content (AvgIpc) is 3.07. The maximum atomic E-state index is 10.5. The molecule has 3 heterocycles. The lowest BCUT2D eigenvalue weighted by Crippen LogP contribution is -2.07. The molecule has 5 nitrogen and oxygen atoms in total. The number of aldehydes is 1. The molecule has 3 aromatic rings. The third kappa shape index (κ3) is 2.61. The number of hydrogen-bond donors (Lipinski definition) is 1. The summed E-state index contributed by atoms with van der Waals surface area (Å²) in [6, 6.07) is 2.01. The molecule has 0 aromatic carbocycles. The van der Waals surface area contributed by atoms with Gasteiger partial charge in [-0.25, -0.2) is 15.0 Å². The van der Waals surface area contributed by atoms with Crippen molar-refractivity contribution in [2.24, 2.45) is 0 Å². The number of thiophene rings is 1. The second-order valence-electron chi connectivity index (χ2n) is 3.83. The van der Waals surface area contributed by atoms with Gasteiger partial charge in [-0.2, -0.15) is 0 Å². The standard InChI is InChI=1S/C12H10N4OS2/c17-5-10-16-8(6-19-10)1-3-13-11-9-2-4-18-12(9)15-7-14-11/h2,4-7H,1,3H2,(H,13,14,15). The number of thiazole rings is 1. The van der Waals surface area contributed by atoms with Crippen molar-refractivity contribution in [2.45, 2.75) is 6.42 Å². The smallest absolute Gasteiger partial charge is 0.178 e. The van der Waals surface area contributed by atoms with Crippen molar-refractivity contribution in [3.63, 3.8) is 0 Å². The Hall–Kier alpha value is -1.86. The molecule has 96 valence electrons. The van der Waals surface area contributed by atoms with Crippen LogP contribution in [0.15, 0.2) is 23.2 Å². The summed E-state index contributed by atoms with van der Waals surface area (Å²) < 4.78 is 0. The van der Waals surface area contributed by atoms with Crippen LogP contribution in [-0.2, 0) is 6.42 Å². The van der Waals surface area contributed by atoms with Gasteiger partial charge in [-0.05, 0) is 11.4 Å². The van der Waals surface area contributed by atoms with E-state index in [1.807, 2.05) is 16.8 Å². The first-order valence-corrected chi connectivity index (χ1v) is 7.44. The zero-order valence-corrected chi connectivity index (χ0v) is 11.5. The normalized spacial score (nSPS) is 10.7. The van der Waals surface area contributed by atoms with Crippen molar-refractivity contribution in [2.75, 3.05) is 11.9 Å². The van der Waals surface area contributed by atoms with Gasteiger partial charge in [-0.1, -0.05) is 0 Å². The maximum absolute atomic E-state index is 10.5. The Morgan fingerprint density at radius 3 is 3.11 bits per heavy atom. The van der Waals surface area contributed by atoms with Crippen LogP contribution in [0, 0.1) is 0 Å². The van der Waals surface area contributed by atoms with E-state index in [2.05, 4.69) is 20.3 Å². The first-order chi connectivity index (χ1) is 9.36. The molecule has 0 spiro atoms. The summed E-state index contributed by atoms with van der Waals surface area (Å²) in [4.78, 5) is 24.2. The van der Waals surface area contributed by atoms with Gasteiger partial charge in [0.2, 0.25) is 0 Å². The molecule has 0 radical (unpaired) electrons.